The fraction of sp³-hybridized carbons (Fsp3) is 0.308. The molecule has 0 saturated heterocycles. The monoisotopic (exact) mass is 308 g/mol. The van der Waals surface area contributed by atoms with Crippen molar-refractivity contribution >= 4 is 34.6 Å². The third-order valence-electron chi connectivity index (χ3n) is 2.73. The highest BCUT2D eigenvalue weighted by molar-refractivity contribution is 8.23. The molecule has 5 nitrogen and oxygen atoms in total. The number of hydrogen-bond donors (Lipinski definition) is 0. The van der Waals surface area contributed by atoms with E-state index < -0.39 is 0 Å². The molecule has 0 aliphatic carbocycles. The number of amides is 1. The van der Waals surface area contributed by atoms with E-state index in [0.29, 0.717) is 0 Å². The number of pyridine rings is 1. The summed E-state index contributed by atoms with van der Waals surface area (Å²) in [6, 6.07) is 5.71. The summed E-state index contributed by atoms with van der Waals surface area (Å²) in [4.78, 5) is 17.7. The highest BCUT2D eigenvalue weighted by Crippen LogP contribution is 2.25. The van der Waals surface area contributed by atoms with Crippen molar-refractivity contribution in [2.75, 3.05) is 23.3 Å². The molecule has 0 aliphatic heterocycles. The molecule has 2 aromatic rings. The Morgan fingerprint density at radius 1 is 1.50 bits per heavy atom. The molecule has 0 fully saturated rings. The summed E-state index contributed by atoms with van der Waals surface area (Å²) < 4.78 is 1.71. The maximum Gasteiger partial charge on any atom is 0.287 e. The Bertz CT molecular complexity index is 585. The average molecular weight is 308 g/mol. The Morgan fingerprint density at radius 2 is 2.30 bits per heavy atom. The van der Waals surface area contributed by atoms with Crippen molar-refractivity contribution in [2.45, 2.75) is 0 Å². The smallest absolute Gasteiger partial charge is 0.287 e. The molecule has 0 radical (unpaired) electrons. The Labute approximate surface area is 126 Å². The van der Waals surface area contributed by atoms with Crippen molar-refractivity contribution in [1.82, 2.24) is 14.8 Å². The van der Waals surface area contributed by atoms with Crippen LogP contribution in [0.1, 0.15) is 0 Å². The average Bonchev–Trinajstić information content (AvgIpc) is 2.87. The van der Waals surface area contributed by atoms with Gasteiger partial charge in [0.05, 0.1) is 5.69 Å². The van der Waals surface area contributed by atoms with Gasteiger partial charge in [-0.3, -0.25) is 19.4 Å². The van der Waals surface area contributed by atoms with Gasteiger partial charge in [-0.2, -0.15) is 16.9 Å². The van der Waals surface area contributed by atoms with E-state index in [0.717, 1.165) is 22.2 Å². The van der Waals surface area contributed by atoms with E-state index in [9.17, 15) is 4.79 Å². The van der Waals surface area contributed by atoms with Gasteiger partial charge in [0.15, 0.2) is 0 Å². The largest absolute Gasteiger partial charge is 0.291 e. The molecular formula is C13H16N4OS2. The number of thioether (sulfide) groups is 2. The minimum absolute atomic E-state index is 0.0140. The van der Waals surface area contributed by atoms with Crippen LogP contribution in [0.15, 0.2) is 30.6 Å². The summed E-state index contributed by atoms with van der Waals surface area (Å²) in [6.45, 7) is 0. The highest BCUT2D eigenvalue weighted by Gasteiger charge is 2.16. The molecule has 0 saturated carbocycles. The summed E-state index contributed by atoms with van der Waals surface area (Å²) in [5.74, 6) is 0.766. The Balaban J connectivity index is 2.21. The standard InChI is InChI=1S/C13H16N4OS2/c1-16(13(18)20-9-19-3)12-7-11(15-17(12)2)10-5-4-6-14-8-10/h4-8H,9H2,1-3H3. The van der Waals surface area contributed by atoms with Gasteiger partial charge in [-0.1, -0.05) is 11.8 Å². The SMILES string of the molecule is CSCSC(=O)N(C)c1cc(-c2cccnc2)nn1C. The number of anilines is 1. The zero-order valence-corrected chi connectivity index (χ0v) is 13.2. The van der Waals surface area contributed by atoms with Gasteiger partial charge in [0.2, 0.25) is 0 Å². The minimum Gasteiger partial charge on any atom is -0.291 e. The lowest BCUT2D eigenvalue weighted by Crippen LogP contribution is -2.24. The van der Waals surface area contributed by atoms with Gasteiger partial charge in [-0.05, 0) is 18.4 Å². The van der Waals surface area contributed by atoms with Gasteiger partial charge < -0.3 is 0 Å². The molecule has 2 aromatic heterocycles. The number of rotatable bonds is 4. The van der Waals surface area contributed by atoms with Gasteiger partial charge in [-0.25, -0.2) is 0 Å². The predicted octanol–water partition coefficient (Wildman–Crippen LogP) is 3.09. The lowest BCUT2D eigenvalue weighted by molar-refractivity contribution is 0.266. The Hall–Kier alpha value is -1.47. The van der Waals surface area contributed by atoms with Crippen molar-refractivity contribution in [3.63, 3.8) is 0 Å². The molecule has 0 unspecified atom stereocenters. The number of aromatic nitrogens is 3. The molecule has 0 spiro atoms. The van der Waals surface area contributed by atoms with Crippen LogP contribution in [0.4, 0.5) is 10.6 Å². The van der Waals surface area contributed by atoms with Crippen LogP contribution in [0.25, 0.3) is 11.3 Å². The molecule has 0 N–H and O–H groups in total. The van der Waals surface area contributed by atoms with E-state index in [1.54, 1.807) is 40.8 Å². The van der Waals surface area contributed by atoms with Crippen LogP contribution < -0.4 is 4.90 Å². The van der Waals surface area contributed by atoms with Crippen LogP contribution in [0.2, 0.25) is 0 Å². The van der Waals surface area contributed by atoms with Gasteiger partial charge in [0, 0.05) is 43.2 Å². The topological polar surface area (TPSA) is 51.0 Å². The molecule has 2 heterocycles. The summed E-state index contributed by atoms with van der Waals surface area (Å²) in [7, 11) is 3.60. The number of carbonyl (C=O) groups is 1. The fourth-order valence-electron chi connectivity index (χ4n) is 1.73. The van der Waals surface area contributed by atoms with Crippen molar-refractivity contribution in [3.05, 3.63) is 30.6 Å². The number of nitrogens with zero attached hydrogens (tertiary/aromatic N) is 4. The third kappa shape index (κ3) is 3.34. The molecular weight excluding hydrogens is 292 g/mol. The van der Waals surface area contributed by atoms with Gasteiger partial charge in [0.1, 0.15) is 5.82 Å². The van der Waals surface area contributed by atoms with Gasteiger partial charge >= 0.3 is 0 Å². The first-order valence-corrected chi connectivity index (χ1v) is 8.35. The lowest BCUT2D eigenvalue weighted by Gasteiger charge is -2.15. The first kappa shape index (κ1) is 14.9. The van der Waals surface area contributed by atoms with E-state index >= 15 is 0 Å². The molecule has 0 aliphatic rings. The number of hydrogen-bond acceptors (Lipinski definition) is 5. The van der Waals surface area contributed by atoms with E-state index in [4.69, 9.17) is 0 Å². The van der Waals surface area contributed by atoms with E-state index in [1.165, 1.54) is 11.8 Å². The van der Waals surface area contributed by atoms with E-state index in [-0.39, 0.29) is 5.24 Å². The second kappa shape index (κ2) is 6.81. The minimum atomic E-state index is 0.0140. The first-order chi connectivity index (χ1) is 9.63. The summed E-state index contributed by atoms with van der Waals surface area (Å²) in [5.41, 5.74) is 1.75. The van der Waals surface area contributed by atoms with Crippen molar-refractivity contribution in [2.24, 2.45) is 7.05 Å². The van der Waals surface area contributed by atoms with E-state index in [1.807, 2.05) is 31.5 Å². The fourth-order valence-corrected chi connectivity index (χ4v) is 2.89. The number of carbonyl (C=O) groups excluding carboxylic acids is 1. The Kier molecular flexibility index (Phi) is 5.08. The molecule has 0 atom stereocenters. The third-order valence-corrected chi connectivity index (χ3v) is 4.67. The predicted molar refractivity (Wildman–Crippen MR) is 86.2 cm³/mol. The van der Waals surface area contributed by atoms with Crippen LogP contribution in [0.3, 0.4) is 0 Å². The summed E-state index contributed by atoms with van der Waals surface area (Å²) >= 11 is 2.92. The second-order valence-corrected chi connectivity index (χ2v) is 6.29. The van der Waals surface area contributed by atoms with Gasteiger partial charge in [-0.15, -0.1) is 0 Å². The van der Waals surface area contributed by atoms with Gasteiger partial charge in [0.25, 0.3) is 5.24 Å². The molecule has 0 aromatic carbocycles. The van der Waals surface area contributed by atoms with Crippen molar-refractivity contribution in [3.8, 4) is 11.3 Å². The first-order valence-electron chi connectivity index (χ1n) is 5.97. The molecule has 2 rings (SSSR count). The summed E-state index contributed by atoms with van der Waals surface area (Å²) in [6.07, 6.45) is 5.46. The highest BCUT2D eigenvalue weighted by atomic mass is 32.2. The van der Waals surface area contributed by atoms with Crippen LogP contribution in [-0.2, 0) is 7.05 Å². The summed E-state index contributed by atoms with van der Waals surface area (Å²) in [5, 5.41) is 5.19. The van der Waals surface area contributed by atoms with Crippen LogP contribution in [0.5, 0.6) is 0 Å². The second-order valence-electron chi connectivity index (χ2n) is 4.13. The molecule has 1 amide bonds. The zero-order valence-electron chi connectivity index (χ0n) is 11.6. The van der Waals surface area contributed by atoms with Crippen LogP contribution in [-0.4, -0.2) is 38.4 Å². The van der Waals surface area contributed by atoms with Crippen molar-refractivity contribution in [1.29, 1.82) is 0 Å². The molecule has 106 valence electrons. The van der Waals surface area contributed by atoms with Crippen LogP contribution in [0, 0.1) is 0 Å². The Morgan fingerprint density at radius 3 is 2.95 bits per heavy atom. The van der Waals surface area contributed by atoms with E-state index in [2.05, 4.69) is 10.1 Å². The van der Waals surface area contributed by atoms with Crippen LogP contribution >= 0.6 is 23.5 Å². The normalized spacial score (nSPS) is 10.6. The maximum absolute atomic E-state index is 12.0. The lowest BCUT2D eigenvalue weighted by atomic mass is 10.2. The zero-order chi connectivity index (χ0) is 14.5. The number of aryl methyl sites for hydroxylation is 1. The quantitative estimate of drug-likeness (QED) is 0.812. The molecule has 20 heavy (non-hydrogen) atoms. The molecule has 0 bridgehead atoms. The van der Waals surface area contributed by atoms with Crippen molar-refractivity contribution < 1.29 is 4.79 Å². The molecule has 7 heteroatoms. The maximum atomic E-state index is 12.0.